The molecule has 1 saturated heterocycles. The average Bonchev–Trinajstić information content (AvgIpc) is 2.98. The molecule has 208 valence electrons. The van der Waals surface area contributed by atoms with Crippen molar-refractivity contribution in [3.8, 4) is 17.2 Å². The topological polar surface area (TPSA) is 43.0 Å². The van der Waals surface area contributed by atoms with E-state index in [1.165, 1.54) is 41.5 Å². The predicted molar refractivity (Wildman–Crippen MR) is 153 cm³/mol. The second kappa shape index (κ2) is 13.3. The maximum absolute atomic E-state index is 14.7. The zero-order valence-electron chi connectivity index (χ0n) is 23.3. The Morgan fingerprint density at radius 3 is 2.46 bits per heavy atom. The first-order chi connectivity index (χ1) is 19.1. The highest BCUT2D eigenvalue weighted by Gasteiger charge is 2.23. The van der Waals surface area contributed by atoms with Crippen LogP contribution in [0.3, 0.4) is 0 Å². The molecular formula is C33H41FN2O3. The van der Waals surface area contributed by atoms with E-state index < -0.39 is 0 Å². The van der Waals surface area contributed by atoms with Crippen LogP contribution in [0.25, 0.3) is 0 Å². The molecule has 6 heteroatoms. The Hall–Kier alpha value is -3.09. The van der Waals surface area contributed by atoms with Gasteiger partial charge in [0, 0.05) is 19.6 Å². The lowest BCUT2D eigenvalue weighted by Crippen LogP contribution is -2.33. The van der Waals surface area contributed by atoms with E-state index in [9.17, 15) is 4.39 Å². The van der Waals surface area contributed by atoms with Gasteiger partial charge in [-0.25, -0.2) is 4.39 Å². The van der Waals surface area contributed by atoms with Gasteiger partial charge in [0.1, 0.15) is 18.1 Å². The molecule has 1 fully saturated rings. The lowest BCUT2D eigenvalue weighted by Gasteiger charge is -2.27. The van der Waals surface area contributed by atoms with Crippen molar-refractivity contribution < 1.29 is 18.6 Å². The number of halogens is 1. The van der Waals surface area contributed by atoms with E-state index in [0.29, 0.717) is 31.4 Å². The van der Waals surface area contributed by atoms with E-state index in [4.69, 9.17) is 14.2 Å². The van der Waals surface area contributed by atoms with Gasteiger partial charge in [0.05, 0.1) is 14.2 Å². The molecule has 3 aromatic rings. The minimum atomic E-state index is -0.299. The first-order valence-corrected chi connectivity index (χ1v) is 14.3. The Morgan fingerprint density at radius 1 is 0.872 bits per heavy atom. The Morgan fingerprint density at radius 2 is 1.67 bits per heavy atom. The molecule has 2 aliphatic rings. The molecule has 1 heterocycles. The van der Waals surface area contributed by atoms with Crippen LogP contribution in [0.15, 0.2) is 54.6 Å². The molecule has 1 aliphatic carbocycles. The number of aryl methyl sites for hydroxylation is 1. The van der Waals surface area contributed by atoms with Crippen molar-refractivity contribution in [3.63, 3.8) is 0 Å². The fraction of sp³-hybridized carbons (Fsp3) is 0.455. The van der Waals surface area contributed by atoms with Gasteiger partial charge in [0.15, 0.2) is 11.6 Å². The van der Waals surface area contributed by atoms with Gasteiger partial charge in [-0.3, -0.25) is 4.90 Å². The van der Waals surface area contributed by atoms with E-state index in [-0.39, 0.29) is 5.82 Å². The van der Waals surface area contributed by atoms with Crippen molar-refractivity contribution in [2.75, 3.05) is 40.5 Å². The quantitative estimate of drug-likeness (QED) is 0.315. The van der Waals surface area contributed by atoms with Gasteiger partial charge in [0.25, 0.3) is 0 Å². The second-order valence-corrected chi connectivity index (χ2v) is 10.8. The first-order valence-electron chi connectivity index (χ1n) is 14.3. The minimum absolute atomic E-state index is 0.299. The molecule has 1 atom stereocenters. The maximum atomic E-state index is 14.7. The lowest BCUT2D eigenvalue weighted by molar-refractivity contribution is 0.180. The fourth-order valence-corrected chi connectivity index (χ4v) is 5.96. The summed E-state index contributed by atoms with van der Waals surface area (Å²) in [5.74, 6) is 2.27. The summed E-state index contributed by atoms with van der Waals surface area (Å²) in [5.41, 5.74) is 6.28. The number of fused-ring (bicyclic) bond motifs is 1. The Bertz CT molecular complexity index is 1240. The van der Waals surface area contributed by atoms with Gasteiger partial charge < -0.3 is 19.5 Å². The third kappa shape index (κ3) is 7.11. The molecule has 1 N–H and O–H groups in total. The lowest BCUT2D eigenvalue weighted by atomic mass is 9.78. The molecule has 5 rings (SSSR count). The van der Waals surface area contributed by atoms with Crippen LogP contribution in [-0.4, -0.2) is 45.4 Å². The average molecular weight is 533 g/mol. The van der Waals surface area contributed by atoms with Crippen molar-refractivity contribution >= 4 is 0 Å². The van der Waals surface area contributed by atoms with Crippen LogP contribution < -0.4 is 19.5 Å². The zero-order chi connectivity index (χ0) is 27.0. The van der Waals surface area contributed by atoms with Gasteiger partial charge in [-0.05, 0) is 115 Å². The number of hydrogen-bond donors (Lipinski definition) is 1. The first kappa shape index (κ1) is 27.5. The summed E-state index contributed by atoms with van der Waals surface area (Å²) in [7, 11) is 3.42. The number of ether oxygens (including phenoxy) is 3. The third-order valence-electron chi connectivity index (χ3n) is 8.19. The van der Waals surface area contributed by atoms with E-state index in [0.717, 1.165) is 56.0 Å². The molecule has 3 aromatic carbocycles. The smallest absolute Gasteiger partial charge is 0.165 e. The van der Waals surface area contributed by atoms with Crippen LogP contribution in [0, 0.1) is 5.82 Å². The monoisotopic (exact) mass is 532 g/mol. The van der Waals surface area contributed by atoms with Crippen molar-refractivity contribution in [1.29, 1.82) is 0 Å². The van der Waals surface area contributed by atoms with E-state index in [1.807, 2.05) is 6.07 Å². The standard InChI is InChI=1S/C33H41FN2O3/c1-37-29-10-9-25-19-27(8-7-26(25)20-29)31-12-11-30(38-2)21-28(31)23-35-22-24-6-13-33(32(34)18-24)39-17-16-36-14-4-3-5-15-36/h6,9-13,18,20-21,27,35H,3-5,7-8,14-17,19,22-23H2,1-2H3. The number of likely N-dealkylation sites (tertiary alicyclic amines) is 1. The molecular weight excluding hydrogens is 491 g/mol. The number of benzene rings is 3. The van der Waals surface area contributed by atoms with Gasteiger partial charge >= 0.3 is 0 Å². The molecule has 0 amide bonds. The number of rotatable bonds is 11. The van der Waals surface area contributed by atoms with Crippen LogP contribution in [0.5, 0.6) is 17.2 Å². The van der Waals surface area contributed by atoms with Crippen molar-refractivity contribution in [1.82, 2.24) is 10.2 Å². The summed E-state index contributed by atoms with van der Waals surface area (Å²) in [6.45, 7) is 4.88. The number of nitrogens with one attached hydrogen (secondary N) is 1. The highest BCUT2D eigenvalue weighted by atomic mass is 19.1. The SMILES string of the molecule is COc1ccc2c(c1)CCC(c1ccc(OC)cc1CNCc1ccc(OCCN3CCCCC3)c(F)c1)C2. The molecule has 1 unspecified atom stereocenters. The summed E-state index contributed by atoms with van der Waals surface area (Å²) in [5, 5.41) is 3.53. The summed E-state index contributed by atoms with van der Waals surface area (Å²) in [6, 6.07) is 18.1. The Labute approximate surface area is 232 Å². The van der Waals surface area contributed by atoms with Crippen LogP contribution in [0.2, 0.25) is 0 Å². The van der Waals surface area contributed by atoms with E-state index in [2.05, 4.69) is 46.6 Å². The van der Waals surface area contributed by atoms with Gasteiger partial charge in [-0.1, -0.05) is 24.6 Å². The predicted octanol–water partition coefficient (Wildman–Crippen LogP) is 6.27. The van der Waals surface area contributed by atoms with Crippen molar-refractivity contribution in [2.24, 2.45) is 0 Å². The van der Waals surface area contributed by atoms with Gasteiger partial charge in [0.2, 0.25) is 0 Å². The maximum Gasteiger partial charge on any atom is 0.165 e. The number of methoxy groups -OCH3 is 2. The van der Waals surface area contributed by atoms with Crippen molar-refractivity contribution in [2.45, 2.75) is 57.5 Å². The summed E-state index contributed by atoms with van der Waals surface area (Å²) >= 11 is 0. The fourth-order valence-electron chi connectivity index (χ4n) is 5.96. The molecule has 5 nitrogen and oxygen atoms in total. The highest BCUT2D eigenvalue weighted by Crippen LogP contribution is 2.36. The molecule has 0 aromatic heterocycles. The molecule has 0 spiro atoms. The van der Waals surface area contributed by atoms with Crippen LogP contribution in [-0.2, 0) is 25.9 Å². The van der Waals surface area contributed by atoms with Gasteiger partial charge in [-0.2, -0.15) is 0 Å². The van der Waals surface area contributed by atoms with E-state index in [1.54, 1.807) is 26.4 Å². The molecule has 0 bridgehead atoms. The summed E-state index contributed by atoms with van der Waals surface area (Å²) < 4.78 is 31.5. The number of hydrogen-bond acceptors (Lipinski definition) is 5. The number of piperidine rings is 1. The molecule has 1 aliphatic heterocycles. The van der Waals surface area contributed by atoms with Crippen LogP contribution in [0.4, 0.5) is 4.39 Å². The van der Waals surface area contributed by atoms with Crippen molar-refractivity contribution in [3.05, 3.63) is 88.2 Å². The van der Waals surface area contributed by atoms with E-state index >= 15 is 0 Å². The normalized spacial score (nSPS) is 17.5. The highest BCUT2D eigenvalue weighted by molar-refractivity contribution is 5.43. The summed E-state index contributed by atoms with van der Waals surface area (Å²) in [4.78, 5) is 2.40. The molecule has 0 radical (unpaired) electrons. The second-order valence-electron chi connectivity index (χ2n) is 10.8. The Kier molecular flexibility index (Phi) is 9.38. The van der Waals surface area contributed by atoms with Crippen LogP contribution in [0.1, 0.15) is 59.4 Å². The largest absolute Gasteiger partial charge is 0.497 e. The minimum Gasteiger partial charge on any atom is -0.497 e. The van der Waals surface area contributed by atoms with Gasteiger partial charge in [-0.15, -0.1) is 0 Å². The summed E-state index contributed by atoms with van der Waals surface area (Å²) in [6.07, 6.45) is 6.97. The molecule has 39 heavy (non-hydrogen) atoms. The number of nitrogens with zero attached hydrogens (tertiary/aromatic N) is 1. The molecule has 0 saturated carbocycles. The van der Waals surface area contributed by atoms with Crippen LogP contribution >= 0.6 is 0 Å². The Balaban J connectivity index is 1.18. The third-order valence-corrected chi connectivity index (χ3v) is 8.19. The zero-order valence-corrected chi connectivity index (χ0v) is 23.3.